The average Bonchev–Trinajstić information content (AvgIpc) is 3.08. The van der Waals surface area contributed by atoms with Gasteiger partial charge >= 0.3 is 5.69 Å². The maximum absolute atomic E-state index is 12.3. The maximum atomic E-state index is 12.3. The Bertz CT molecular complexity index is 648. The van der Waals surface area contributed by atoms with Crippen LogP contribution in [-0.2, 0) is 6.54 Å². The van der Waals surface area contributed by atoms with Crippen LogP contribution in [0, 0.1) is 5.41 Å². The van der Waals surface area contributed by atoms with Crippen LogP contribution in [0.2, 0.25) is 0 Å². The molecule has 0 radical (unpaired) electrons. The van der Waals surface area contributed by atoms with Crippen LogP contribution < -0.4 is 5.69 Å². The van der Waals surface area contributed by atoms with Crippen molar-refractivity contribution in [2.24, 2.45) is 0 Å². The summed E-state index contributed by atoms with van der Waals surface area (Å²) >= 11 is 0. The van der Waals surface area contributed by atoms with E-state index in [-0.39, 0.29) is 5.69 Å². The Labute approximate surface area is 98.2 Å². The van der Waals surface area contributed by atoms with Crippen LogP contribution in [0.15, 0.2) is 23.3 Å². The molecule has 0 unspecified atom stereocenters. The fourth-order valence-electron chi connectivity index (χ4n) is 2.20. The number of rotatable bonds is 3. The molecule has 1 fully saturated rings. The zero-order chi connectivity index (χ0) is 12.0. The molecule has 0 spiro atoms. The standard InChI is InChI=1S/C12H14N4O/c1-8(13)7-15-11-6-14-5-4-10(11)16(12(15)17)9-2-3-9/h4-6,9,13H,2-3,7H2,1H3. The first-order chi connectivity index (χ1) is 8.18. The van der Waals surface area contributed by atoms with Crippen LogP contribution in [0.25, 0.3) is 11.0 Å². The van der Waals surface area contributed by atoms with Gasteiger partial charge in [-0.3, -0.25) is 14.1 Å². The van der Waals surface area contributed by atoms with E-state index in [1.807, 2.05) is 10.6 Å². The zero-order valence-electron chi connectivity index (χ0n) is 9.68. The van der Waals surface area contributed by atoms with Gasteiger partial charge in [0.1, 0.15) is 0 Å². The molecule has 0 aliphatic heterocycles. The molecule has 3 rings (SSSR count). The molecule has 17 heavy (non-hydrogen) atoms. The second-order valence-corrected chi connectivity index (χ2v) is 4.61. The highest BCUT2D eigenvalue weighted by Gasteiger charge is 2.28. The quantitative estimate of drug-likeness (QED) is 0.813. The van der Waals surface area contributed by atoms with Crippen molar-refractivity contribution in [1.29, 1.82) is 5.41 Å². The highest BCUT2D eigenvalue weighted by atomic mass is 16.1. The predicted molar refractivity (Wildman–Crippen MR) is 65.7 cm³/mol. The third-order valence-electron chi connectivity index (χ3n) is 3.07. The first kappa shape index (κ1) is 10.3. The van der Waals surface area contributed by atoms with E-state index >= 15 is 0 Å². The predicted octanol–water partition coefficient (Wildman–Crippen LogP) is 1.57. The summed E-state index contributed by atoms with van der Waals surface area (Å²) in [4.78, 5) is 16.4. The van der Waals surface area contributed by atoms with Gasteiger partial charge in [0.2, 0.25) is 0 Å². The van der Waals surface area contributed by atoms with Crippen molar-refractivity contribution in [1.82, 2.24) is 14.1 Å². The summed E-state index contributed by atoms with van der Waals surface area (Å²) < 4.78 is 3.49. The summed E-state index contributed by atoms with van der Waals surface area (Å²) in [7, 11) is 0. The molecule has 0 bridgehead atoms. The van der Waals surface area contributed by atoms with Crippen molar-refractivity contribution in [2.75, 3.05) is 0 Å². The molecule has 1 aliphatic rings. The molecular weight excluding hydrogens is 216 g/mol. The molecule has 5 nitrogen and oxygen atoms in total. The Kier molecular flexibility index (Phi) is 2.14. The number of imidazole rings is 1. The van der Waals surface area contributed by atoms with Gasteiger partial charge in [-0.1, -0.05) is 0 Å². The van der Waals surface area contributed by atoms with Gasteiger partial charge in [-0.05, 0) is 25.8 Å². The molecule has 2 aromatic heterocycles. The number of nitrogens with zero attached hydrogens (tertiary/aromatic N) is 3. The molecule has 2 heterocycles. The van der Waals surface area contributed by atoms with Crippen molar-refractivity contribution in [3.8, 4) is 0 Å². The van der Waals surface area contributed by atoms with Gasteiger partial charge in [-0.25, -0.2) is 4.79 Å². The lowest BCUT2D eigenvalue weighted by Gasteiger charge is -1.99. The lowest BCUT2D eigenvalue weighted by Crippen LogP contribution is -2.25. The van der Waals surface area contributed by atoms with Crippen LogP contribution in [-0.4, -0.2) is 19.8 Å². The molecule has 0 aromatic carbocycles. The number of hydrogen-bond donors (Lipinski definition) is 1. The van der Waals surface area contributed by atoms with Gasteiger partial charge in [0.15, 0.2) is 0 Å². The lowest BCUT2D eigenvalue weighted by molar-refractivity contribution is 0.684. The van der Waals surface area contributed by atoms with E-state index in [1.165, 1.54) is 0 Å². The summed E-state index contributed by atoms with van der Waals surface area (Å²) in [6.07, 6.45) is 5.57. The third kappa shape index (κ3) is 1.58. The number of pyridine rings is 1. The zero-order valence-corrected chi connectivity index (χ0v) is 9.68. The molecular formula is C12H14N4O. The van der Waals surface area contributed by atoms with Gasteiger partial charge < -0.3 is 5.41 Å². The van der Waals surface area contributed by atoms with Gasteiger partial charge in [-0.2, -0.15) is 0 Å². The van der Waals surface area contributed by atoms with E-state index in [1.54, 1.807) is 23.9 Å². The second-order valence-electron chi connectivity index (χ2n) is 4.61. The highest BCUT2D eigenvalue weighted by Crippen LogP contribution is 2.35. The Morgan fingerprint density at radius 2 is 2.29 bits per heavy atom. The van der Waals surface area contributed by atoms with Gasteiger partial charge in [0.25, 0.3) is 0 Å². The summed E-state index contributed by atoms with van der Waals surface area (Å²) in [6.45, 7) is 2.06. The smallest absolute Gasteiger partial charge is 0.308 e. The summed E-state index contributed by atoms with van der Waals surface area (Å²) in [5.74, 6) is 0. The van der Waals surface area contributed by atoms with E-state index in [0.29, 0.717) is 18.3 Å². The van der Waals surface area contributed by atoms with Crippen LogP contribution >= 0.6 is 0 Å². The minimum atomic E-state index is -0.0119. The molecule has 0 amide bonds. The molecule has 1 N–H and O–H groups in total. The van der Waals surface area contributed by atoms with Crippen LogP contribution in [0.1, 0.15) is 25.8 Å². The largest absolute Gasteiger partial charge is 0.329 e. The van der Waals surface area contributed by atoms with Crippen molar-refractivity contribution in [3.63, 3.8) is 0 Å². The minimum absolute atomic E-state index is 0.0119. The van der Waals surface area contributed by atoms with Crippen molar-refractivity contribution in [2.45, 2.75) is 32.4 Å². The molecule has 88 valence electrons. The van der Waals surface area contributed by atoms with Gasteiger partial charge in [0, 0.05) is 18.0 Å². The van der Waals surface area contributed by atoms with Crippen LogP contribution in [0.4, 0.5) is 0 Å². The van der Waals surface area contributed by atoms with E-state index in [0.717, 1.165) is 23.9 Å². The number of fused-ring (bicyclic) bond motifs is 1. The monoisotopic (exact) mass is 230 g/mol. The number of aromatic nitrogens is 3. The normalized spacial score (nSPS) is 15.4. The maximum Gasteiger partial charge on any atom is 0.329 e. The number of hydrogen-bond acceptors (Lipinski definition) is 3. The SMILES string of the molecule is CC(=N)Cn1c(=O)n(C2CC2)c2ccncc21. The lowest BCUT2D eigenvalue weighted by atomic mass is 10.3. The Morgan fingerprint density at radius 1 is 1.53 bits per heavy atom. The highest BCUT2D eigenvalue weighted by molar-refractivity contribution is 5.82. The molecule has 1 aliphatic carbocycles. The third-order valence-corrected chi connectivity index (χ3v) is 3.07. The molecule has 5 heteroatoms. The van der Waals surface area contributed by atoms with Crippen LogP contribution in [0.3, 0.4) is 0 Å². The Balaban J connectivity index is 2.30. The van der Waals surface area contributed by atoms with Gasteiger partial charge in [0.05, 0.1) is 23.8 Å². The molecule has 1 saturated carbocycles. The average molecular weight is 230 g/mol. The van der Waals surface area contributed by atoms with E-state index in [2.05, 4.69) is 4.98 Å². The Hall–Kier alpha value is -1.91. The van der Waals surface area contributed by atoms with E-state index in [9.17, 15) is 4.79 Å². The van der Waals surface area contributed by atoms with Crippen molar-refractivity contribution in [3.05, 3.63) is 28.9 Å². The topological polar surface area (TPSA) is 63.7 Å². The second kappa shape index (κ2) is 3.55. The Morgan fingerprint density at radius 3 is 2.94 bits per heavy atom. The van der Waals surface area contributed by atoms with E-state index < -0.39 is 0 Å². The van der Waals surface area contributed by atoms with Crippen molar-refractivity contribution >= 4 is 16.7 Å². The molecule has 0 saturated heterocycles. The first-order valence-electron chi connectivity index (χ1n) is 5.77. The molecule has 2 aromatic rings. The minimum Gasteiger partial charge on any atom is -0.308 e. The first-order valence-corrected chi connectivity index (χ1v) is 5.77. The van der Waals surface area contributed by atoms with Crippen LogP contribution in [0.5, 0.6) is 0 Å². The molecule has 0 atom stereocenters. The van der Waals surface area contributed by atoms with E-state index in [4.69, 9.17) is 5.41 Å². The number of nitrogens with one attached hydrogen (secondary N) is 1. The summed E-state index contributed by atoms with van der Waals surface area (Å²) in [5, 5.41) is 7.55. The van der Waals surface area contributed by atoms with Crippen molar-refractivity contribution < 1.29 is 0 Å². The summed E-state index contributed by atoms with van der Waals surface area (Å²) in [5.41, 5.74) is 2.23. The van der Waals surface area contributed by atoms with Gasteiger partial charge in [-0.15, -0.1) is 0 Å². The fourth-order valence-corrected chi connectivity index (χ4v) is 2.20. The summed E-state index contributed by atoms with van der Waals surface area (Å²) in [6, 6.07) is 2.23. The fraction of sp³-hybridized carbons (Fsp3) is 0.417.